The molecule has 25 heavy (non-hydrogen) atoms. The van der Waals surface area contributed by atoms with Gasteiger partial charge in [-0.15, -0.1) is 0 Å². The van der Waals surface area contributed by atoms with Crippen molar-refractivity contribution >= 4 is 17.5 Å². The molecule has 132 valence electrons. The highest BCUT2D eigenvalue weighted by molar-refractivity contribution is 6.29. The van der Waals surface area contributed by atoms with Gasteiger partial charge >= 0.3 is 0 Å². The average molecular weight is 367 g/mol. The Hall–Kier alpha value is -2.05. The van der Waals surface area contributed by atoms with Crippen LogP contribution in [0.15, 0.2) is 36.4 Å². The number of pyridine rings is 1. The van der Waals surface area contributed by atoms with Crippen LogP contribution in [-0.4, -0.2) is 16.0 Å². The Bertz CT molecular complexity index is 822. The summed E-state index contributed by atoms with van der Waals surface area (Å²) >= 11 is 5.90. The first-order chi connectivity index (χ1) is 11.7. The molecule has 2 N–H and O–H groups in total. The third-order valence-electron chi connectivity index (χ3n) is 4.35. The SMILES string of the molecule is C[C@@](O)(CC(=O)NC1(c2cccc(Cl)n2)CC1)c1ccc(F)cc1F. The van der Waals surface area contributed by atoms with E-state index in [4.69, 9.17) is 11.6 Å². The molecular weight excluding hydrogens is 350 g/mol. The molecule has 0 unspecified atom stereocenters. The summed E-state index contributed by atoms with van der Waals surface area (Å²) in [6.45, 7) is 1.32. The molecule has 0 spiro atoms. The molecule has 2 aromatic rings. The van der Waals surface area contributed by atoms with Crippen molar-refractivity contribution in [3.05, 3.63) is 64.4 Å². The molecule has 1 aliphatic carbocycles. The number of carbonyl (C=O) groups excluding carboxylic acids is 1. The smallest absolute Gasteiger partial charge is 0.223 e. The average Bonchev–Trinajstić information content (AvgIpc) is 3.26. The largest absolute Gasteiger partial charge is 0.385 e. The Morgan fingerprint density at radius 3 is 2.68 bits per heavy atom. The van der Waals surface area contributed by atoms with Crippen molar-refractivity contribution in [3.63, 3.8) is 0 Å². The number of nitrogens with zero attached hydrogens (tertiary/aromatic N) is 1. The molecule has 4 nitrogen and oxygen atoms in total. The lowest BCUT2D eigenvalue weighted by Crippen LogP contribution is -2.39. The minimum atomic E-state index is -1.76. The van der Waals surface area contributed by atoms with Crippen LogP contribution in [0.5, 0.6) is 0 Å². The maximum Gasteiger partial charge on any atom is 0.223 e. The molecule has 1 amide bonds. The molecule has 3 rings (SSSR count). The highest BCUT2D eigenvalue weighted by Gasteiger charge is 2.47. The van der Waals surface area contributed by atoms with Crippen molar-refractivity contribution in [1.29, 1.82) is 0 Å². The first-order valence-corrected chi connectivity index (χ1v) is 8.22. The van der Waals surface area contributed by atoms with Gasteiger partial charge in [0.05, 0.1) is 23.3 Å². The number of aromatic nitrogens is 1. The summed E-state index contributed by atoms with van der Waals surface area (Å²) in [5, 5.41) is 13.7. The zero-order valence-electron chi connectivity index (χ0n) is 13.5. The Kier molecular flexibility index (Phi) is 4.51. The van der Waals surface area contributed by atoms with E-state index < -0.39 is 28.7 Å². The van der Waals surface area contributed by atoms with Crippen molar-refractivity contribution in [3.8, 4) is 0 Å². The number of halogens is 3. The number of amides is 1. The van der Waals surface area contributed by atoms with Gasteiger partial charge < -0.3 is 10.4 Å². The van der Waals surface area contributed by atoms with Crippen molar-refractivity contribution in [2.75, 3.05) is 0 Å². The number of hydrogen-bond donors (Lipinski definition) is 2. The number of hydrogen-bond acceptors (Lipinski definition) is 3. The van der Waals surface area contributed by atoms with Crippen LogP contribution in [0.25, 0.3) is 0 Å². The van der Waals surface area contributed by atoms with E-state index in [1.165, 1.54) is 6.92 Å². The third-order valence-corrected chi connectivity index (χ3v) is 4.56. The molecule has 1 aliphatic rings. The standard InChI is InChI=1S/C18H17ClF2N2O2/c1-17(25,12-6-5-11(20)9-13(12)21)10-16(24)23-18(7-8-18)14-3-2-4-15(19)22-14/h2-6,9,25H,7-8,10H2,1H3,(H,23,24)/t17-/m1/s1. The van der Waals surface area contributed by atoms with Gasteiger partial charge in [-0.05, 0) is 38.0 Å². The van der Waals surface area contributed by atoms with Gasteiger partial charge in [-0.25, -0.2) is 13.8 Å². The van der Waals surface area contributed by atoms with Gasteiger partial charge in [0.2, 0.25) is 5.91 Å². The van der Waals surface area contributed by atoms with Gasteiger partial charge in [0, 0.05) is 11.6 Å². The maximum absolute atomic E-state index is 13.9. The molecule has 1 fully saturated rings. The van der Waals surface area contributed by atoms with Crippen LogP contribution in [0.1, 0.15) is 37.4 Å². The minimum Gasteiger partial charge on any atom is -0.385 e. The van der Waals surface area contributed by atoms with E-state index in [0.717, 1.165) is 12.1 Å². The maximum atomic E-state index is 13.9. The second-order valence-electron chi connectivity index (χ2n) is 6.55. The molecule has 1 atom stereocenters. The molecule has 1 aromatic heterocycles. The zero-order valence-corrected chi connectivity index (χ0v) is 14.3. The fourth-order valence-corrected chi connectivity index (χ4v) is 3.05. The van der Waals surface area contributed by atoms with E-state index in [0.29, 0.717) is 29.8 Å². The Morgan fingerprint density at radius 2 is 2.08 bits per heavy atom. The lowest BCUT2D eigenvalue weighted by molar-refractivity contribution is -0.127. The highest BCUT2D eigenvalue weighted by atomic mass is 35.5. The van der Waals surface area contributed by atoms with Gasteiger partial charge in [-0.1, -0.05) is 23.7 Å². The minimum absolute atomic E-state index is 0.130. The summed E-state index contributed by atoms with van der Waals surface area (Å²) in [4.78, 5) is 16.6. The van der Waals surface area contributed by atoms with Crippen LogP contribution in [0.4, 0.5) is 8.78 Å². The molecule has 1 heterocycles. The lowest BCUT2D eigenvalue weighted by Gasteiger charge is -2.25. The Labute approximate surface area is 148 Å². The Balaban J connectivity index is 1.74. The number of carbonyl (C=O) groups is 1. The van der Waals surface area contributed by atoms with Gasteiger partial charge in [0.1, 0.15) is 16.8 Å². The third kappa shape index (κ3) is 3.80. The molecule has 0 radical (unpaired) electrons. The predicted molar refractivity (Wildman–Crippen MR) is 88.8 cm³/mol. The van der Waals surface area contributed by atoms with Crippen LogP contribution < -0.4 is 5.32 Å². The van der Waals surface area contributed by atoms with Crippen LogP contribution in [0, 0.1) is 11.6 Å². The van der Waals surface area contributed by atoms with Crippen LogP contribution in [-0.2, 0) is 15.9 Å². The van der Waals surface area contributed by atoms with Crippen molar-refractivity contribution in [2.24, 2.45) is 0 Å². The second kappa shape index (κ2) is 6.35. The number of nitrogens with one attached hydrogen (secondary N) is 1. The molecule has 0 aliphatic heterocycles. The van der Waals surface area contributed by atoms with Crippen LogP contribution >= 0.6 is 11.6 Å². The van der Waals surface area contributed by atoms with E-state index in [9.17, 15) is 18.7 Å². The fourth-order valence-electron chi connectivity index (χ4n) is 2.89. The van der Waals surface area contributed by atoms with Crippen LogP contribution in [0.2, 0.25) is 5.15 Å². The van der Waals surface area contributed by atoms with Gasteiger partial charge in [-0.2, -0.15) is 0 Å². The number of rotatable bonds is 5. The molecule has 1 saturated carbocycles. The Morgan fingerprint density at radius 1 is 1.36 bits per heavy atom. The summed E-state index contributed by atoms with van der Waals surface area (Å²) in [6, 6.07) is 8.04. The fraction of sp³-hybridized carbons (Fsp3) is 0.333. The summed E-state index contributed by atoms with van der Waals surface area (Å²) in [5.41, 5.74) is -1.84. The molecular formula is C18H17ClF2N2O2. The van der Waals surface area contributed by atoms with E-state index in [1.54, 1.807) is 18.2 Å². The summed E-state index contributed by atoms with van der Waals surface area (Å²) in [5.74, 6) is -2.09. The first kappa shape index (κ1) is 17.8. The zero-order chi connectivity index (χ0) is 18.2. The first-order valence-electron chi connectivity index (χ1n) is 7.84. The summed E-state index contributed by atoms with van der Waals surface area (Å²) < 4.78 is 26.9. The number of benzene rings is 1. The molecule has 0 bridgehead atoms. The van der Waals surface area contributed by atoms with E-state index >= 15 is 0 Å². The van der Waals surface area contributed by atoms with E-state index in [1.807, 2.05) is 0 Å². The lowest BCUT2D eigenvalue weighted by atomic mass is 9.91. The van der Waals surface area contributed by atoms with Crippen LogP contribution in [0.3, 0.4) is 0 Å². The quantitative estimate of drug-likeness (QED) is 0.797. The van der Waals surface area contributed by atoms with E-state index in [-0.39, 0.29) is 12.0 Å². The monoisotopic (exact) mass is 366 g/mol. The highest BCUT2D eigenvalue weighted by Crippen LogP contribution is 2.45. The second-order valence-corrected chi connectivity index (χ2v) is 6.94. The van der Waals surface area contributed by atoms with Gasteiger partial charge in [-0.3, -0.25) is 4.79 Å². The molecule has 1 aromatic carbocycles. The van der Waals surface area contributed by atoms with Gasteiger partial charge in [0.15, 0.2) is 0 Å². The normalized spacial score (nSPS) is 17.6. The van der Waals surface area contributed by atoms with Gasteiger partial charge in [0.25, 0.3) is 0 Å². The summed E-state index contributed by atoms with van der Waals surface area (Å²) in [6.07, 6.45) is 1.05. The van der Waals surface area contributed by atoms with E-state index in [2.05, 4.69) is 10.3 Å². The summed E-state index contributed by atoms with van der Waals surface area (Å²) in [7, 11) is 0. The topological polar surface area (TPSA) is 62.2 Å². The van der Waals surface area contributed by atoms with Crippen molar-refractivity contribution < 1.29 is 18.7 Å². The number of aliphatic hydroxyl groups is 1. The molecule has 0 saturated heterocycles. The predicted octanol–water partition coefficient (Wildman–Crippen LogP) is 3.42. The van der Waals surface area contributed by atoms with Crippen molar-refractivity contribution in [1.82, 2.24) is 10.3 Å². The van der Waals surface area contributed by atoms with Crippen molar-refractivity contribution in [2.45, 2.75) is 37.3 Å². The molecule has 7 heteroatoms.